The van der Waals surface area contributed by atoms with Crippen LogP contribution in [0.4, 0.5) is 0 Å². The lowest BCUT2D eigenvalue weighted by Crippen LogP contribution is -2.35. The molecule has 3 N–H and O–H groups in total. The molecule has 100 valence electrons. The van der Waals surface area contributed by atoms with Crippen molar-refractivity contribution in [2.45, 2.75) is 20.4 Å². The molecule has 0 aliphatic heterocycles. The fourth-order valence-corrected chi connectivity index (χ4v) is 1.88. The molecule has 1 aromatic carbocycles. The summed E-state index contributed by atoms with van der Waals surface area (Å²) in [7, 11) is 0. The van der Waals surface area contributed by atoms with E-state index in [-0.39, 0.29) is 5.91 Å². The molecule has 0 heterocycles. The van der Waals surface area contributed by atoms with Gasteiger partial charge < -0.3 is 16.0 Å². The van der Waals surface area contributed by atoms with Gasteiger partial charge in [-0.2, -0.15) is 0 Å². The summed E-state index contributed by atoms with van der Waals surface area (Å²) in [5, 5.41) is 2.94. The summed E-state index contributed by atoms with van der Waals surface area (Å²) < 4.78 is 0. The molecule has 0 aliphatic rings. The van der Waals surface area contributed by atoms with Gasteiger partial charge in [-0.1, -0.05) is 32.0 Å². The molecule has 18 heavy (non-hydrogen) atoms. The SMILES string of the molecule is CCN(CC)CCNC(=O)c1ccccc1CN. The molecule has 0 bridgehead atoms. The van der Waals surface area contributed by atoms with Crippen LogP contribution >= 0.6 is 0 Å². The Balaban J connectivity index is 2.50. The van der Waals surface area contributed by atoms with Gasteiger partial charge >= 0.3 is 0 Å². The number of carbonyl (C=O) groups excluding carboxylic acids is 1. The molecular formula is C14H23N3O. The number of nitrogens with zero attached hydrogens (tertiary/aromatic N) is 1. The van der Waals surface area contributed by atoms with E-state index in [0.29, 0.717) is 18.7 Å². The molecule has 4 nitrogen and oxygen atoms in total. The van der Waals surface area contributed by atoms with Gasteiger partial charge in [0, 0.05) is 25.2 Å². The number of hydrogen-bond acceptors (Lipinski definition) is 3. The zero-order chi connectivity index (χ0) is 13.4. The third-order valence-corrected chi connectivity index (χ3v) is 3.09. The van der Waals surface area contributed by atoms with Crippen LogP contribution in [0.15, 0.2) is 24.3 Å². The summed E-state index contributed by atoms with van der Waals surface area (Å²) in [5.74, 6) is -0.0387. The Morgan fingerprint density at radius 3 is 2.56 bits per heavy atom. The number of carbonyl (C=O) groups is 1. The highest BCUT2D eigenvalue weighted by Crippen LogP contribution is 2.07. The molecule has 0 radical (unpaired) electrons. The topological polar surface area (TPSA) is 58.4 Å². The van der Waals surface area contributed by atoms with Gasteiger partial charge in [0.1, 0.15) is 0 Å². The minimum atomic E-state index is -0.0387. The number of benzene rings is 1. The third-order valence-electron chi connectivity index (χ3n) is 3.09. The normalized spacial score (nSPS) is 10.7. The molecule has 0 unspecified atom stereocenters. The summed E-state index contributed by atoms with van der Waals surface area (Å²) in [6.45, 7) is 8.18. The molecule has 0 fully saturated rings. The molecule has 0 spiro atoms. The molecule has 0 aromatic heterocycles. The average Bonchev–Trinajstić information content (AvgIpc) is 2.43. The number of amides is 1. The Hall–Kier alpha value is -1.39. The predicted molar refractivity (Wildman–Crippen MR) is 74.5 cm³/mol. The van der Waals surface area contributed by atoms with E-state index < -0.39 is 0 Å². The Morgan fingerprint density at radius 1 is 1.28 bits per heavy atom. The van der Waals surface area contributed by atoms with Crippen LogP contribution in [-0.4, -0.2) is 37.0 Å². The highest BCUT2D eigenvalue weighted by Gasteiger charge is 2.09. The fraction of sp³-hybridized carbons (Fsp3) is 0.500. The van der Waals surface area contributed by atoms with E-state index in [0.717, 1.165) is 25.2 Å². The van der Waals surface area contributed by atoms with E-state index in [4.69, 9.17) is 5.73 Å². The van der Waals surface area contributed by atoms with E-state index in [1.165, 1.54) is 0 Å². The summed E-state index contributed by atoms with van der Waals surface area (Å²) >= 11 is 0. The van der Waals surface area contributed by atoms with Crippen LogP contribution in [0.25, 0.3) is 0 Å². The molecule has 1 rings (SSSR count). The van der Waals surface area contributed by atoms with Crippen LogP contribution in [0.1, 0.15) is 29.8 Å². The van der Waals surface area contributed by atoms with Gasteiger partial charge in [0.15, 0.2) is 0 Å². The first-order chi connectivity index (χ1) is 8.72. The Labute approximate surface area is 109 Å². The van der Waals surface area contributed by atoms with Crippen LogP contribution in [0, 0.1) is 0 Å². The van der Waals surface area contributed by atoms with Crippen molar-refractivity contribution >= 4 is 5.91 Å². The smallest absolute Gasteiger partial charge is 0.251 e. The lowest BCUT2D eigenvalue weighted by Gasteiger charge is -2.18. The second-order valence-corrected chi connectivity index (χ2v) is 4.14. The maximum Gasteiger partial charge on any atom is 0.251 e. The monoisotopic (exact) mass is 249 g/mol. The largest absolute Gasteiger partial charge is 0.351 e. The Kier molecular flexibility index (Phi) is 6.39. The maximum atomic E-state index is 12.0. The molecule has 0 atom stereocenters. The van der Waals surface area contributed by atoms with Crippen molar-refractivity contribution in [1.82, 2.24) is 10.2 Å². The van der Waals surface area contributed by atoms with Crippen molar-refractivity contribution in [3.8, 4) is 0 Å². The van der Waals surface area contributed by atoms with Crippen molar-refractivity contribution in [2.24, 2.45) is 5.73 Å². The average molecular weight is 249 g/mol. The first kappa shape index (κ1) is 14.7. The number of nitrogens with two attached hydrogens (primary N) is 1. The minimum absolute atomic E-state index is 0.0387. The van der Waals surface area contributed by atoms with Crippen molar-refractivity contribution < 1.29 is 4.79 Å². The van der Waals surface area contributed by atoms with Gasteiger partial charge in [0.05, 0.1) is 0 Å². The molecule has 1 amide bonds. The highest BCUT2D eigenvalue weighted by atomic mass is 16.1. The van der Waals surface area contributed by atoms with E-state index in [1.54, 1.807) is 0 Å². The standard InChI is InChI=1S/C14H23N3O/c1-3-17(4-2)10-9-16-14(18)13-8-6-5-7-12(13)11-15/h5-8H,3-4,9-11,15H2,1-2H3,(H,16,18). The van der Waals surface area contributed by atoms with Gasteiger partial charge in [-0.25, -0.2) is 0 Å². The van der Waals surface area contributed by atoms with Gasteiger partial charge in [-0.15, -0.1) is 0 Å². The third kappa shape index (κ3) is 4.13. The second kappa shape index (κ2) is 7.84. The molecule has 0 aliphatic carbocycles. The lowest BCUT2D eigenvalue weighted by atomic mass is 10.1. The zero-order valence-corrected chi connectivity index (χ0v) is 11.3. The Morgan fingerprint density at radius 2 is 1.94 bits per heavy atom. The quantitative estimate of drug-likeness (QED) is 0.764. The molecule has 0 saturated carbocycles. The van der Waals surface area contributed by atoms with Crippen LogP contribution < -0.4 is 11.1 Å². The van der Waals surface area contributed by atoms with E-state index in [9.17, 15) is 4.79 Å². The molecule has 1 aromatic rings. The number of nitrogens with one attached hydrogen (secondary N) is 1. The number of hydrogen-bond donors (Lipinski definition) is 2. The molecule has 0 saturated heterocycles. The lowest BCUT2D eigenvalue weighted by molar-refractivity contribution is 0.0948. The first-order valence-corrected chi connectivity index (χ1v) is 6.51. The second-order valence-electron chi connectivity index (χ2n) is 4.14. The summed E-state index contributed by atoms with van der Waals surface area (Å²) in [6, 6.07) is 7.46. The molecule has 4 heteroatoms. The van der Waals surface area contributed by atoms with Gasteiger partial charge in [0.2, 0.25) is 0 Å². The number of rotatable bonds is 7. The van der Waals surface area contributed by atoms with Gasteiger partial charge in [-0.3, -0.25) is 4.79 Å². The van der Waals surface area contributed by atoms with Gasteiger partial charge in [-0.05, 0) is 24.7 Å². The summed E-state index contributed by atoms with van der Waals surface area (Å²) in [6.07, 6.45) is 0. The Bertz CT molecular complexity index is 375. The summed E-state index contributed by atoms with van der Waals surface area (Å²) in [5.41, 5.74) is 7.19. The summed E-state index contributed by atoms with van der Waals surface area (Å²) in [4.78, 5) is 14.3. The fourth-order valence-electron chi connectivity index (χ4n) is 1.88. The minimum Gasteiger partial charge on any atom is -0.351 e. The number of likely N-dealkylation sites (N-methyl/N-ethyl adjacent to an activating group) is 1. The molecular weight excluding hydrogens is 226 g/mol. The van der Waals surface area contributed by atoms with Crippen LogP contribution in [0.2, 0.25) is 0 Å². The zero-order valence-electron chi connectivity index (χ0n) is 11.3. The van der Waals surface area contributed by atoms with E-state index >= 15 is 0 Å². The van der Waals surface area contributed by atoms with Gasteiger partial charge in [0.25, 0.3) is 5.91 Å². The van der Waals surface area contributed by atoms with E-state index in [1.807, 2.05) is 24.3 Å². The van der Waals surface area contributed by atoms with Crippen molar-refractivity contribution in [3.05, 3.63) is 35.4 Å². The van der Waals surface area contributed by atoms with Crippen molar-refractivity contribution in [3.63, 3.8) is 0 Å². The highest BCUT2D eigenvalue weighted by molar-refractivity contribution is 5.95. The van der Waals surface area contributed by atoms with E-state index in [2.05, 4.69) is 24.1 Å². The van der Waals surface area contributed by atoms with Crippen molar-refractivity contribution in [2.75, 3.05) is 26.2 Å². The van der Waals surface area contributed by atoms with Crippen LogP contribution in [-0.2, 0) is 6.54 Å². The first-order valence-electron chi connectivity index (χ1n) is 6.51. The van der Waals surface area contributed by atoms with Crippen LogP contribution in [0.5, 0.6) is 0 Å². The van der Waals surface area contributed by atoms with Crippen LogP contribution in [0.3, 0.4) is 0 Å². The maximum absolute atomic E-state index is 12.0. The predicted octanol–water partition coefficient (Wildman–Crippen LogP) is 1.22. The van der Waals surface area contributed by atoms with Crippen molar-refractivity contribution in [1.29, 1.82) is 0 Å².